The van der Waals surface area contributed by atoms with E-state index in [1.165, 1.54) is 0 Å². The van der Waals surface area contributed by atoms with Gasteiger partial charge in [-0.2, -0.15) is 0 Å². The van der Waals surface area contributed by atoms with Crippen LogP contribution in [-0.2, 0) is 9.59 Å². The van der Waals surface area contributed by atoms with Crippen LogP contribution in [0.5, 0.6) is 11.5 Å². The van der Waals surface area contributed by atoms with Crippen LogP contribution in [0.3, 0.4) is 0 Å². The van der Waals surface area contributed by atoms with Crippen molar-refractivity contribution in [1.29, 1.82) is 0 Å². The zero-order chi connectivity index (χ0) is 21.6. The third-order valence-electron chi connectivity index (χ3n) is 5.21. The number of hydrogen-bond donors (Lipinski definition) is 0. The molecule has 5 heteroatoms. The Morgan fingerprint density at radius 2 is 1.86 bits per heavy atom. The maximum atomic E-state index is 12.6. The van der Waals surface area contributed by atoms with Gasteiger partial charge in [-0.15, -0.1) is 0 Å². The Labute approximate surface area is 175 Å². The smallest absolute Gasteiger partial charge is 0.260 e. The Hall–Kier alpha value is -2.30. The quantitative estimate of drug-likeness (QED) is 0.583. The number of amides is 1. The summed E-state index contributed by atoms with van der Waals surface area (Å²) < 4.78 is 11.6. The first-order chi connectivity index (χ1) is 13.7. The number of Topliss-reactive ketones (excluding diaryl/α,β-unsaturated/α-hetero) is 1. The summed E-state index contributed by atoms with van der Waals surface area (Å²) in [6.45, 7) is 12.4. The van der Waals surface area contributed by atoms with Crippen LogP contribution in [0, 0.1) is 5.92 Å². The Kier molecular flexibility index (Phi) is 8.30. The molecule has 0 saturated heterocycles. The average molecular weight is 402 g/mol. The lowest BCUT2D eigenvalue weighted by Gasteiger charge is -2.30. The lowest BCUT2D eigenvalue weighted by molar-refractivity contribution is -0.137. The van der Waals surface area contributed by atoms with E-state index in [2.05, 4.69) is 0 Å². The molecule has 1 amide bonds. The Bertz CT molecular complexity index is 743. The molecule has 29 heavy (non-hydrogen) atoms. The molecule has 0 radical (unpaired) electrons. The number of benzene rings is 1. The van der Waals surface area contributed by atoms with E-state index in [0.29, 0.717) is 18.1 Å². The zero-order valence-electron chi connectivity index (χ0n) is 18.7. The van der Waals surface area contributed by atoms with Gasteiger partial charge >= 0.3 is 0 Å². The maximum absolute atomic E-state index is 12.6. The van der Waals surface area contributed by atoms with Gasteiger partial charge in [-0.25, -0.2) is 0 Å². The highest BCUT2D eigenvalue weighted by atomic mass is 16.5. The summed E-state index contributed by atoms with van der Waals surface area (Å²) in [6, 6.07) is 5.83. The van der Waals surface area contributed by atoms with Crippen molar-refractivity contribution in [2.75, 3.05) is 13.2 Å². The first kappa shape index (κ1) is 23.0. The molecule has 1 aliphatic rings. The standard InChI is InChI=1S/C24H35NO4/c1-7-28-22-14-19(13-20-10-8-9-18(6)24(20)27)11-12-21(22)29-15-23(26)25(16(2)3)17(4)5/h11-14,16-18H,7-10,15H2,1-6H3/b20-13+/t18-/m1/s1. The number of hydrogen-bond acceptors (Lipinski definition) is 4. The Balaban J connectivity index is 2.17. The molecule has 1 aliphatic carbocycles. The highest BCUT2D eigenvalue weighted by molar-refractivity contribution is 6.01. The van der Waals surface area contributed by atoms with Gasteiger partial charge in [-0.3, -0.25) is 9.59 Å². The minimum Gasteiger partial charge on any atom is -0.490 e. The lowest BCUT2D eigenvalue weighted by atomic mass is 9.84. The van der Waals surface area contributed by atoms with Gasteiger partial charge in [-0.05, 0) is 83.2 Å². The minimum atomic E-state index is -0.0505. The second kappa shape index (κ2) is 10.5. The molecular formula is C24H35NO4. The van der Waals surface area contributed by atoms with E-state index in [1.807, 2.05) is 70.7 Å². The summed E-state index contributed by atoms with van der Waals surface area (Å²) in [5, 5.41) is 0. The number of allylic oxidation sites excluding steroid dienone is 1. The molecule has 0 aromatic heterocycles. The predicted octanol–water partition coefficient (Wildman–Crippen LogP) is 4.88. The minimum absolute atomic E-state index is 0.0349. The maximum Gasteiger partial charge on any atom is 0.260 e. The highest BCUT2D eigenvalue weighted by Gasteiger charge is 2.23. The van der Waals surface area contributed by atoms with E-state index < -0.39 is 0 Å². The van der Waals surface area contributed by atoms with Gasteiger partial charge < -0.3 is 14.4 Å². The number of nitrogens with zero attached hydrogens (tertiary/aromatic N) is 1. The number of ether oxygens (including phenoxy) is 2. The largest absolute Gasteiger partial charge is 0.490 e. The molecule has 0 N–H and O–H groups in total. The SMILES string of the molecule is CCOc1cc(/C=C2\CCC[C@@H](C)C2=O)ccc1OCC(=O)N(C(C)C)C(C)C. The fourth-order valence-corrected chi connectivity index (χ4v) is 3.90. The Morgan fingerprint density at radius 1 is 1.17 bits per heavy atom. The first-order valence-corrected chi connectivity index (χ1v) is 10.7. The van der Waals surface area contributed by atoms with Crippen LogP contribution in [-0.4, -0.2) is 41.9 Å². The van der Waals surface area contributed by atoms with Gasteiger partial charge in [0.15, 0.2) is 23.9 Å². The summed E-state index contributed by atoms with van der Waals surface area (Å²) in [4.78, 5) is 26.8. The summed E-state index contributed by atoms with van der Waals surface area (Å²) in [5.74, 6) is 1.41. The predicted molar refractivity (Wildman–Crippen MR) is 116 cm³/mol. The fourth-order valence-electron chi connectivity index (χ4n) is 3.90. The van der Waals surface area contributed by atoms with E-state index in [1.54, 1.807) is 0 Å². The summed E-state index contributed by atoms with van der Waals surface area (Å²) in [6.07, 6.45) is 4.78. The first-order valence-electron chi connectivity index (χ1n) is 10.7. The van der Waals surface area contributed by atoms with E-state index in [0.717, 1.165) is 30.4 Å². The molecule has 0 spiro atoms. The van der Waals surface area contributed by atoms with E-state index in [4.69, 9.17) is 9.47 Å². The fraction of sp³-hybridized carbons (Fsp3) is 0.583. The molecule has 1 aromatic carbocycles. The van der Waals surface area contributed by atoms with E-state index in [-0.39, 0.29) is 36.3 Å². The molecule has 5 nitrogen and oxygen atoms in total. The third kappa shape index (κ3) is 6.09. The van der Waals surface area contributed by atoms with Gasteiger partial charge in [0.05, 0.1) is 6.61 Å². The number of carbonyl (C=O) groups is 2. The Morgan fingerprint density at radius 3 is 2.48 bits per heavy atom. The number of carbonyl (C=O) groups excluding carboxylic acids is 2. The summed E-state index contributed by atoms with van der Waals surface area (Å²) in [5.41, 5.74) is 1.79. The van der Waals surface area contributed by atoms with Crippen LogP contribution in [0.15, 0.2) is 23.8 Å². The molecule has 1 aromatic rings. The molecule has 1 saturated carbocycles. The monoisotopic (exact) mass is 401 g/mol. The van der Waals surface area contributed by atoms with Crippen molar-refractivity contribution < 1.29 is 19.1 Å². The summed E-state index contributed by atoms with van der Waals surface area (Å²) >= 11 is 0. The van der Waals surface area contributed by atoms with Crippen molar-refractivity contribution in [3.8, 4) is 11.5 Å². The van der Waals surface area contributed by atoms with Crippen LogP contribution in [0.1, 0.15) is 66.4 Å². The average Bonchev–Trinajstić information content (AvgIpc) is 2.64. The number of ketones is 1. The van der Waals surface area contributed by atoms with Gasteiger partial charge in [0, 0.05) is 18.0 Å². The van der Waals surface area contributed by atoms with Gasteiger partial charge in [0.2, 0.25) is 0 Å². The molecule has 160 valence electrons. The van der Waals surface area contributed by atoms with Crippen molar-refractivity contribution in [2.45, 2.75) is 72.9 Å². The second-order valence-corrected chi connectivity index (χ2v) is 8.24. The molecule has 1 fully saturated rings. The highest BCUT2D eigenvalue weighted by Crippen LogP contribution is 2.31. The normalized spacial score (nSPS) is 18.4. The van der Waals surface area contributed by atoms with Crippen LogP contribution in [0.25, 0.3) is 6.08 Å². The summed E-state index contributed by atoms with van der Waals surface area (Å²) in [7, 11) is 0. The van der Waals surface area contributed by atoms with Crippen LogP contribution >= 0.6 is 0 Å². The van der Waals surface area contributed by atoms with E-state index in [9.17, 15) is 9.59 Å². The van der Waals surface area contributed by atoms with Crippen molar-refractivity contribution in [2.24, 2.45) is 5.92 Å². The lowest BCUT2D eigenvalue weighted by Crippen LogP contribution is -2.44. The van der Waals surface area contributed by atoms with Gasteiger partial charge in [0.1, 0.15) is 0 Å². The van der Waals surface area contributed by atoms with Crippen LogP contribution in [0.4, 0.5) is 0 Å². The molecule has 2 rings (SSSR count). The molecule has 1 atom stereocenters. The zero-order valence-corrected chi connectivity index (χ0v) is 18.7. The van der Waals surface area contributed by atoms with E-state index >= 15 is 0 Å². The molecular weight excluding hydrogens is 366 g/mol. The topological polar surface area (TPSA) is 55.8 Å². The third-order valence-corrected chi connectivity index (χ3v) is 5.21. The van der Waals surface area contributed by atoms with Crippen LogP contribution in [0.2, 0.25) is 0 Å². The molecule has 0 bridgehead atoms. The van der Waals surface area contributed by atoms with Gasteiger partial charge in [0.25, 0.3) is 5.91 Å². The second-order valence-electron chi connectivity index (χ2n) is 8.24. The van der Waals surface area contributed by atoms with Crippen LogP contribution < -0.4 is 9.47 Å². The van der Waals surface area contributed by atoms with Crippen molar-refractivity contribution >= 4 is 17.8 Å². The molecule has 0 unspecified atom stereocenters. The van der Waals surface area contributed by atoms with Gasteiger partial charge in [-0.1, -0.05) is 13.0 Å². The van der Waals surface area contributed by atoms with Crippen molar-refractivity contribution in [3.63, 3.8) is 0 Å². The van der Waals surface area contributed by atoms with Crippen molar-refractivity contribution in [3.05, 3.63) is 29.3 Å². The molecule has 0 heterocycles. The number of rotatable bonds is 8. The molecule has 0 aliphatic heterocycles. The van der Waals surface area contributed by atoms with Crippen molar-refractivity contribution in [1.82, 2.24) is 4.90 Å².